The predicted octanol–water partition coefficient (Wildman–Crippen LogP) is 4.69. The second kappa shape index (κ2) is 6.10. The molecule has 98 valence electrons. The number of hydrogen-bond donors (Lipinski definition) is 2. The number of rotatable bonds is 2. The fourth-order valence-electron chi connectivity index (χ4n) is 1.31. The third-order valence-electron chi connectivity index (χ3n) is 2.15. The van der Waals surface area contributed by atoms with Gasteiger partial charge in [0.05, 0.1) is 15.7 Å². The number of nitrogens with one attached hydrogen (secondary N) is 2. The molecule has 2 amide bonds. The van der Waals surface area contributed by atoms with Gasteiger partial charge < -0.3 is 5.32 Å². The highest BCUT2D eigenvalue weighted by atomic mass is 35.5. The molecular formula is C12H8Cl3N3O. The second-order valence-electron chi connectivity index (χ2n) is 3.56. The molecule has 4 nitrogen and oxygen atoms in total. The van der Waals surface area contributed by atoms with E-state index in [4.69, 9.17) is 34.8 Å². The normalized spacial score (nSPS) is 10.1. The van der Waals surface area contributed by atoms with Gasteiger partial charge in [0, 0.05) is 11.2 Å². The smallest absolute Gasteiger partial charge is 0.306 e. The van der Waals surface area contributed by atoms with Crippen LogP contribution >= 0.6 is 34.8 Å². The zero-order valence-corrected chi connectivity index (χ0v) is 11.7. The number of benzene rings is 1. The van der Waals surface area contributed by atoms with Crippen LogP contribution in [-0.4, -0.2) is 11.0 Å². The third kappa shape index (κ3) is 3.99. The van der Waals surface area contributed by atoms with Crippen molar-refractivity contribution in [3.63, 3.8) is 0 Å². The minimum atomic E-state index is -0.473. The van der Waals surface area contributed by atoms with Gasteiger partial charge in [0.1, 0.15) is 5.82 Å². The number of hydrogen-bond acceptors (Lipinski definition) is 2. The summed E-state index contributed by atoms with van der Waals surface area (Å²) in [7, 11) is 0. The average Bonchev–Trinajstić information content (AvgIpc) is 2.37. The van der Waals surface area contributed by atoms with Crippen molar-refractivity contribution >= 4 is 52.3 Å². The van der Waals surface area contributed by atoms with Crippen LogP contribution in [0.25, 0.3) is 0 Å². The third-order valence-corrected chi connectivity index (χ3v) is 2.93. The Bertz CT molecular complexity index is 602. The van der Waals surface area contributed by atoms with Crippen LogP contribution in [0.3, 0.4) is 0 Å². The minimum Gasteiger partial charge on any atom is -0.306 e. The van der Waals surface area contributed by atoms with Gasteiger partial charge in [0.2, 0.25) is 0 Å². The number of urea groups is 1. The summed E-state index contributed by atoms with van der Waals surface area (Å²) in [5.41, 5.74) is 0.417. The first-order valence-corrected chi connectivity index (χ1v) is 6.32. The number of anilines is 2. The second-order valence-corrected chi connectivity index (χ2v) is 4.85. The predicted molar refractivity (Wildman–Crippen MR) is 78.4 cm³/mol. The zero-order chi connectivity index (χ0) is 13.8. The largest absolute Gasteiger partial charge is 0.324 e. The summed E-state index contributed by atoms with van der Waals surface area (Å²) >= 11 is 17.4. The lowest BCUT2D eigenvalue weighted by atomic mass is 10.3. The monoisotopic (exact) mass is 315 g/mol. The van der Waals surface area contributed by atoms with E-state index < -0.39 is 6.03 Å². The molecule has 2 aromatic rings. The van der Waals surface area contributed by atoms with E-state index in [0.29, 0.717) is 26.6 Å². The maximum Gasteiger partial charge on any atom is 0.324 e. The lowest BCUT2D eigenvalue weighted by Crippen LogP contribution is -2.20. The van der Waals surface area contributed by atoms with Crippen molar-refractivity contribution in [2.24, 2.45) is 0 Å². The molecule has 0 unspecified atom stereocenters. The molecule has 19 heavy (non-hydrogen) atoms. The number of nitrogens with zero attached hydrogens (tertiary/aromatic N) is 1. The Morgan fingerprint density at radius 2 is 1.74 bits per heavy atom. The first-order chi connectivity index (χ1) is 9.04. The summed E-state index contributed by atoms with van der Waals surface area (Å²) in [5.74, 6) is 0.375. The van der Waals surface area contributed by atoms with Gasteiger partial charge in [-0.25, -0.2) is 9.78 Å². The lowest BCUT2D eigenvalue weighted by Gasteiger charge is -2.08. The Kier molecular flexibility index (Phi) is 4.47. The van der Waals surface area contributed by atoms with Gasteiger partial charge in [-0.1, -0.05) is 34.8 Å². The number of aromatic nitrogens is 1. The molecule has 0 aliphatic rings. The van der Waals surface area contributed by atoms with E-state index in [9.17, 15) is 4.79 Å². The fourth-order valence-corrected chi connectivity index (χ4v) is 1.76. The Hall–Kier alpha value is -1.49. The van der Waals surface area contributed by atoms with E-state index in [1.54, 1.807) is 30.3 Å². The summed E-state index contributed by atoms with van der Waals surface area (Å²) in [6.45, 7) is 0. The molecule has 0 saturated carbocycles. The van der Waals surface area contributed by atoms with Crippen molar-refractivity contribution in [3.8, 4) is 0 Å². The zero-order valence-electron chi connectivity index (χ0n) is 9.45. The molecule has 1 aromatic heterocycles. The molecule has 0 aliphatic carbocycles. The maximum absolute atomic E-state index is 11.7. The molecule has 0 fully saturated rings. The quantitative estimate of drug-likeness (QED) is 0.844. The van der Waals surface area contributed by atoms with Gasteiger partial charge in [-0.05, 0) is 30.3 Å². The summed E-state index contributed by atoms with van der Waals surface area (Å²) in [6, 6.07) is 7.52. The maximum atomic E-state index is 11.7. The van der Waals surface area contributed by atoms with E-state index in [-0.39, 0.29) is 0 Å². The molecular weight excluding hydrogens is 309 g/mol. The van der Waals surface area contributed by atoms with Crippen LogP contribution in [0.4, 0.5) is 16.3 Å². The highest BCUT2D eigenvalue weighted by molar-refractivity contribution is 6.35. The number of carbonyl (C=O) groups excluding carboxylic acids is 1. The minimum absolute atomic E-state index is 0.375. The van der Waals surface area contributed by atoms with Gasteiger partial charge in [0.25, 0.3) is 0 Å². The summed E-state index contributed by atoms with van der Waals surface area (Å²) < 4.78 is 0. The topological polar surface area (TPSA) is 54.0 Å². The van der Waals surface area contributed by atoms with Gasteiger partial charge in [-0.2, -0.15) is 0 Å². The van der Waals surface area contributed by atoms with Crippen molar-refractivity contribution < 1.29 is 4.79 Å². The van der Waals surface area contributed by atoms with Crippen molar-refractivity contribution in [2.45, 2.75) is 0 Å². The van der Waals surface area contributed by atoms with Crippen molar-refractivity contribution in [3.05, 3.63) is 51.6 Å². The first kappa shape index (κ1) is 13.9. The van der Waals surface area contributed by atoms with Gasteiger partial charge in [0.15, 0.2) is 0 Å². The molecule has 0 spiro atoms. The van der Waals surface area contributed by atoms with Gasteiger partial charge in [-0.15, -0.1) is 0 Å². The highest BCUT2D eigenvalue weighted by Crippen LogP contribution is 2.25. The van der Waals surface area contributed by atoms with Crippen LogP contribution in [0.2, 0.25) is 15.1 Å². The highest BCUT2D eigenvalue weighted by Gasteiger charge is 2.07. The molecule has 1 aromatic carbocycles. The number of pyridine rings is 1. The summed E-state index contributed by atoms with van der Waals surface area (Å²) in [6.07, 6.45) is 1.43. The SMILES string of the molecule is O=C(Nc1ccc(Cl)cn1)Nc1cc(Cl)ccc1Cl. The van der Waals surface area contributed by atoms with Crippen LogP contribution in [0, 0.1) is 0 Å². The Labute approximate surface area is 124 Å². The fraction of sp³-hybridized carbons (Fsp3) is 0. The number of carbonyl (C=O) groups is 1. The van der Waals surface area contributed by atoms with Crippen molar-refractivity contribution in [1.29, 1.82) is 0 Å². The molecule has 0 aliphatic heterocycles. The summed E-state index contributed by atoms with van der Waals surface area (Å²) in [4.78, 5) is 15.7. The molecule has 1 heterocycles. The van der Waals surface area contributed by atoms with Gasteiger partial charge in [-0.3, -0.25) is 5.32 Å². The van der Waals surface area contributed by atoms with E-state index in [1.165, 1.54) is 6.20 Å². The number of halogens is 3. The van der Waals surface area contributed by atoms with Gasteiger partial charge >= 0.3 is 6.03 Å². The standard InChI is InChI=1S/C12H8Cl3N3O/c13-7-1-3-9(15)10(5-7)17-12(19)18-11-4-2-8(14)6-16-11/h1-6H,(H2,16,17,18,19). The number of amides is 2. The molecule has 0 radical (unpaired) electrons. The van der Waals surface area contributed by atoms with Crippen LogP contribution in [0.5, 0.6) is 0 Å². The van der Waals surface area contributed by atoms with E-state index in [1.807, 2.05) is 0 Å². The average molecular weight is 317 g/mol. The van der Waals surface area contributed by atoms with E-state index in [0.717, 1.165) is 0 Å². The van der Waals surface area contributed by atoms with E-state index >= 15 is 0 Å². The van der Waals surface area contributed by atoms with Crippen molar-refractivity contribution in [2.75, 3.05) is 10.6 Å². The van der Waals surface area contributed by atoms with E-state index in [2.05, 4.69) is 15.6 Å². The molecule has 7 heteroatoms. The first-order valence-electron chi connectivity index (χ1n) is 5.19. The molecule has 0 saturated heterocycles. The van der Waals surface area contributed by atoms with Crippen LogP contribution in [-0.2, 0) is 0 Å². The Balaban J connectivity index is 2.05. The molecule has 0 bridgehead atoms. The van der Waals surface area contributed by atoms with Crippen LogP contribution in [0.1, 0.15) is 0 Å². The van der Waals surface area contributed by atoms with Crippen LogP contribution < -0.4 is 10.6 Å². The summed E-state index contributed by atoms with van der Waals surface area (Å²) in [5, 5.41) is 6.48. The molecule has 0 atom stereocenters. The Morgan fingerprint density at radius 3 is 2.42 bits per heavy atom. The molecule has 2 rings (SSSR count). The van der Waals surface area contributed by atoms with Crippen molar-refractivity contribution in [1.82, 2.24) is 4.98 Å². The van der Waals surface area contributed by atoms with Crippen LogP contribution in [0.15, 0.2) is 36.5 Å². The molecule has 2 N–H and O–H groups in total. The lowest BCUT2D eigenvalue weighted by molar-refractivity contribution is 0.262. The Morgan fingerprint density at radius 1 is 1.00 bits per heavy atom.